The summed E-state index contributed by atoms with van der Waals surface area (Å²) >= 11 is 5.93. The largest absolute Gasteiger partial charge is 0.457 e. The molecular formula is C14H14ClNO2. The van der Waals surface area contributed by atoms with Crippen LogP contribution in [-0.2, 0) is 13.2 Å². The van der Waals surface area contributed by atoms with Crippen molar-refractivity contribution in [2.45, 2.75) is 13.2 Å². The van der Waals surface area contributed by atoms with Crippen molar-refractivity contribution in [2.75, 3.05) is 0 Å². The Morgan fingerprint density at radius 1 is 1.11 bits per heavy atom. The van der Waals surface area contributed by atoms with Gasteiger partial charge in [0, 0.05) is 17.1 Å². The minimum Gasteiger partial charge on any atom is -0.457 e. The van der Waals surface area contributed by atoms with Crippen LogP contribution >= 0.6 is 11.6 Å². The number of aliphatic hydroxyl groups is 1. The summed E-state index contributed by atoms with van der Waals surface area (Å²) in [6, 6.07) is 12.6. The number of halogens is 1. The molecule has 0 bridgehead atoms. The smallest absolute Gasteiger partial charge is 0.133 e. The van der Waals surface area contributed by atoms with Gasteiger partial charge in [-0.05, 0) is 29.8 Å². The van der Waals surface area contributed by atoms with Gasteiger partial charge >= 0.3 is 0 Å². The van der Waals surface area contributed by atoms with E-state index < -0.39 is 0 Å². The monoisotopic (exact) mass is 263 g/mol. The average Bonchev–Trinajstić information content (AvgIpc) is 2.40. The molecule has 2 aromatic rings. The van der Waals surface area contributed by atoms with Crippen LogP contribution < -0.4 is 10.5 Å². The molecule has 0 fully saturated rings. The van der Waals surface area contributed by atoms with E-state index in [1.165, 1.54) is 0 Å². The zero-order chi connectivity index (χ0) is 13.0. The molecule has 0 aromatic heterocycles. The van der Waals surface area contributed by atoms with Crippen molar-refractivity contribution in [1.29, 1.82) is 0 Å². The molecule has 0 saturated carbocycles. The SMILES string of the molecule is NCc1ccc(Cl)cc1Oc1ccc(CO)cc1. The van der Waals surface area contributed by atoms with E-state index in [0.717, 1.165) is 11.1 Å². The summed E-state index contributed by atoms with van der Waals surface area (Å²) in [5.74, 6) is 1.34. The van der Waals surface area contributed by atoms with Crippen molar-refractivity contribution in [3.63, 3.8) is 0 Å². The van der Waals surface area contributed by atoms with Crippen molar-refractivity contribution >= 4 is 11.6 Å². The quantitative estimate of drug-likeness (QED) is 0.891. The van der Waals surface area contributed by atoms with Gasteiger partial charge in [0.2, 0.25) is 0 Å². The van der Waals surface area contributed by atoms with Crippen molar-refractivity contribution in [3.05, 3.63) is 58.6 Å². The molecule has 4 heteroatoms. The first-order valence-corrected chi connectivity index (χ1v) is 5.97. The van der Waals surface area contributed by atoms with Crippen LogP contribution in [0.5, 0.6) is 11.5 Å². The fraction of sp³-hybridized carbons (Fsp3) is 0.143. The normalized spacial score (nSPS) is 10.4. The Morgan fingerprint density at radius 3 is 2.44 bits per heavy atom. The van der Waals surface area contributed by atoms with Gasteiger partial charge in [0.25, 0.3) is 0 Å². The molecule has 0 radical (unpaired) electrons. The van der Waals surface area contributed by atoms with Crippen LogP contribution in [0.4, 0.5) is 0 Å². The van der Waals surface area contributed by atoms with Gasteiger partial charge in [-0.2, -0.15) is 0 Å². The molecule has 0 unspecified atom stereocenters. The fourth-order valence-electron chi connectivity index (χ4n) is 1.58. The molecule has 0 aliphatic rings. The lowest BCUT2D eigenvalue weighted by Gasteiger charge is -2.10. The zero-order valence-corrected chi connectivity index (χ0v) is 10.5. The minimum absolute atomic E-state index is 0.0193. The first-order chi connectivity index (χ1) is 8.72. The second-order valence-electron chi connectivity index (χ2n) is 3.86. The lowest BCUT2D eigenvalue weighted by atomic mass is 10.2. The van der Waals surface area contributed by atoms with Gasteiger partial charge in [-0.15, -0.1) is 0 Å². The van der Waals surface area contributed by atoms with E-state index in [9.17, 15) is 0 Å². The number of ether oxygens (including phenoxy) is 1. The van der Waals surface area contributed by atoms with Crippen LogP contribution in [0.1, 0.15) is 11.1 Å². The number of benzene rings is 2. The van der Waals surface area contributed by atoms with Crippen LogP contribution in [0.25, 0.3) is 0 Å². The number of nitrogens with two attached hydrogens (primary N) is 1. The summed E-state index contributed by atoms with van der Waals surface area (Å²) in [6.07, 6.45) is 0. The third-order valence-corrected chi connectivity index (χ3v) is 2.82. The predicted molar refractivity (Wildman–Crippen MR) is 71.8 cm³/mol. The maximum absolute atomic E-state index is 8.96. The summed E-state index contributed by atoms with van der Waals surface area (Å²) in [5, 5.41) is 9.57. The predicted octanol–water partition coefficient (Wildman–Crippen LogP) is 3.08. The maximum atomic E-state index is 8.96. The van der Waals surface area contributed by atoms with Gasteiger partial charge in [0.1, 0.15) is 11.5 Å². The number of aliphatic hydroxyl groups excluding tert-OH is 1. The summed E-state index contributed by atoms with van der Waals surface area (Å²) in [5.41, 5.74) is 7.38. The minimum atomic E-state index is 0.0193. The summed E-state index contributed by atoms with van der Waals surface area (Å²) in [4.78, 5) is 0. The van der Waals surface area contributed by atoms with Gasteiger partial charge in [-0.25, -0.2) is 0 Å². The highest BCUT2D eigenvalue weighted by molar-refractivity contribution is 6.30. The number of rotatable bonds is 4. The molecule has 0 amide bonds. The van der Waals surface area contributed by atoms with Crippen LogP contribution in [0.3, 0.4) is 0 Å². The summed E-state index contributed by atoms with van der Waals surface area (Å²) in [7, 11) is 0. The Bertz CT molecular complexity index is 526. The number of hydrogen-bond acceptors (Lipinski definition) is 3. The molecule has 0 aliphatic carbocycles. The van der Waals surface area contributed by atoms with E-state index in [0.29, 0.717) is 23.1 Å². The standard InChI is InChI=1S/C14H14ClNO2/c15-12-4-3-11(8-16)14(7-12)18-13-5-1-10(9-17)2-6-13/h1-7,17H,8-9,16H2. The molecule has 0 saturated heterocycles. The Morgan fingerprint density at radius 2 is 1.83 bits per heavy atom. The third-order valence-electron chi connectivity index (χ3n) is 2.58. The first-order valence-electron chi connectivity index (χ1n) is 5.59. The molecule has 94 valence electrons. The lowest BCUT2D eigenvalue weighted by Crippen LogP contribution is -1.99. The molecular weight excluding hydrogens is 250 g/mol. The van der Waals surface area contributed by atoms with E-state index in [1.807, 2.05) is 18.2 Å². The Balaban J connectivity index is 2.24. The van der Waals surface area contributed by atoms with Crippen LogP contribution in [0, 0.1) is 0 Å². The molecule has 2 rings (SSSR count). The summed E-state index contributed by atoms with van der Waals surface area (Å²) < 4.78 is 5.73. The molecule has 18 heavy (non-hydrogen) atoms. The Hall–Kier alpha value is -1.55. The van der Waals surface area contributed by atoms with Crippen LogP contribution in [0.15, 0.2) is 42.5 Å². The Labute approximate surface area is 111 Å². The van der Waals surface area contributed by atoms with E-state index in [4.69, 9.17) is 27.2 Å². The van der Waals surface area contributed by atoms with Gasteiger partial charge < -0.3 is 15.6 Å². The average molecular weight is 264 g/mol. The van der Waals surface area contributed by atoms with Gasteiger partial charge in [0.05, 0.1) is 6.61 Å². The fourth-order valence-corrected chi connectivity index (χ4v) is 1.74. The Kier molecular flexibility index (Phi) is 4.20. The number of hydrogen-bond donors (Lipinski definition) is 2. The molecule has 0 heterocycles. The maximum Gasteiger partial charge on any atom is 0.133 e. The molecule has 0 spiro atoms. The van der Waals surface area contributed by atoms with Crippen molar-refractivity contribution < 1.29 is 9.84 Å². The first kappa shape index (κ1) is 12.9. The van der Waals surface area contributed by atoms with E-state index in [-0.39, 0.29) is 6.61 Å². The van der Waals surface area contributed by atoms with E-state index in [1.54, 1.807) is 24.3 Å². The molecule has 2 aromatic carbocycles. The van der Waals surface area contributed by atoms with Crippen LogP contribution in [-0.4, -0.2) is 5.11 Å². The third kappa shape index (κ3) is 3.01. The highest BCUT2D eigenvalue weighted by atomic mass is 35.5. The van der Waals surface area contributed by atoms with Crippen LogP contribution in [0.2, 0.25) is 5.02 Å². The molecule has 3 nitrogen and oxygen atoms in total. The second-order valence-corrected chi connectivity index (χ2v) is 4.30. The van der Waals surface area contributed by atoms with Gasteiger partial charge in [-0.1, -0.05) is 29.8 Å². The van der Waals surface area contributed by atoms with Crippen molar-refractivity contribution in [1.82, 2.24) is 0 Å². The highest BCUT2D eigenvalue weighted by Gasteiger charge is 2.05. The molecule has 0 atom stereocenters. The highest BCUT2D eigenvalue weighted by Crippen LogP contribution is 2.28. The summed E-state index contributed by atoms with van der Waals surface area (Å²) in [6.45, 7) is 0.409. The van der Waals surface area contributed by atoms with Gasteiger partial charge in [0.15, 0.2) is 0 Å². The van der Waals surface area contributed by atoms with Crippen molar-refractivity contribution in [2.24, 2.45) is 5.73 Å². The van der Waals surface area contributed by atoms with Crippen molar-refractivity contribution in [3.8, 4) is 11.5 Å². The molecule has 0 aliphatic heterocycles. The zero-order valence-electron chi connectivity index (χ0n) is 9.77. The topological polar surface area (TPSA) is 55.5 Å². The second kappa shape index (κ2) is 5.87. The van der Waals surface area contributed by atoms with E-state index >= 15 is 0 Å². The lowest BCUT2D eigenvalue weighted by molar-refractivity contribution is 0.281. The van der Waals surface area contributed by atoms with E-state index in [2.05, 4.69) is 0 Å². The van der Waals surface area contributed by atoms with Gasteiger partial charge in [-0.3, -0.25) is 0 Å². The molecule has 3 N–H and O–H groups in total.